The summed E-state index contributed by atoms with van der Waals surface area (Å²) >= 11 is 0. The second kappa shape index (κ2) is 6.33. The Hall–Kier alpha value is -2.26. The van der Waals surface area contributed by atoms with Gasteiger partial charge in [-0.25, -0.2) is 4.79 Å². The van der Waals surface area contributed by atoms with Gasteiger partial charge in [-0.05, 0) is 39.0 Å². The van der Waals surface area contributed by atoms with Crippen LogP contribution in [0.25, 0.3) is 0 Å². The highest BCUT2D eigenvalue weighted by Crippen LogP contribution is 2.36. The molecule has 1 aromatic rings. The predicted octanol–water partition coefficient (Wildman–Crippen LogP) is 3.96. The molecule has 0 aliphatic heterocycles. The first-order valence-electron chi connectivity index (χ1n) is 6.43. The smallest absolute Gasteiger partial charge is 0.340 e. The van der Waals surface area contributed by atoms with E-state index in [4.69, 9.17) is 0 Å². The molecular weight excluding hydrogens is 344 g/mol. The number of rotatable bonds is 1. The average Bonchev–Trinajstić information content (AvgIpc) is 2.40. The van der Waals surface area contributed by atoms with Crippen molar-refractivity contribution in [2.75, 3.05) is 0 Å². The Kier molecular flexibility index (Phi) is 5.22. The van der Waals surface area contributed by atoms with Gasteiger partial charge in [0.2, 0.25) is 0 Å². The minimum absolute atomic E-state index is 0.113. The minimum atomic E-state index is -5.08. The van der Waals surface area contributed by atoms with Crippen LogP contribution in [0.4, 0.5) is 26.3 Å². The quantitative estimate of drug-likeness (QED) is 0.612. The van der Waals surface area contributed by atoms with E-state index in [9.17, 15) is 35.9 Å². The molecule has 4 nitrogen and oxygen atoms in total. The molecule has 0 unspecified atom stereocenters. The standard InChI is InChI=1S/C14H13F6NO3/c1-12(2,3)11(23)24-21-10(22)7-4-8(13(15,16)17)6-9(5-7)14(18,19)20/h4-6H,1-3H3,(H,21,22). The van der Waals surface area contributed by atoms with Gasteiger partial charge in [0.1, 0.15) is 0 Å². The number of nitrogens with one attached hydrogen (secondary N) is 1. The molecule has 1 aromatic carbocycles. The van der Waals surface area contributed by atoms with E-state index in [1.807, 2.05) is 0 Å². The molecule has 0 heterocycles. The van der Waals surface area contributed by atoms with Gasteiger partial charge in [-0.15, -0.1) is 0 Å². The van der Waals surface area contributed by atoms with Crippen molar-refractivity contribution in [2.24, 2.45) is 5.41 Å². The molecule has 0 fully saturated rings. The molecule has 0 radical (unpaired) electrons. The molecule has 134 valence electrons. The number of hydrogen-bond donors (Lipinski definition) is 1. The largest absolute Gasteiger partial charge is 0.416 e. The van der Waals surface area contributed by atoms with Gasteiger partial charge < -0.3 is 4.84 Å². The lowest BCUT2D eigenvalue weighted by atomic mass is 9.98. The Balaban J connectivity index is 3.14. The lowest BCUT2D eigenvalue weighted by molar-refractivity contribution is -0.158. The molecule has 0 atom stereocenters. The maximum absolute atomic E-state index is 12.7. The summed E-state index contributed by atoms with van der Waals surface area (Å²) in [5.74, 6) is -2.33. The van der Waals surface area contributed by atoms with Crippen LogP contribution in [0.5, 0.6) is 0 Å². The Labute approximate surface area is 132 Å². The lowest BCUT2D eigenvalue weighted by Crippen LogP contribution is -2.33. The second-order valence-electron chi connectivity index (χ2n) is 5.87. The van der Waals surface area contributed by atoms with E-state index in [0.717, 1.165) is 0 Å². The normalized spacial score (nSPS) is 12.7. The number of alkyl halides is 6. The van der Waals surface area contributed by atoms with Crippen LogP contribution < -0.4 is 5.48 Å². The van der Waals surface area contributed by atoms with Crippen molar-refractivity contribution in [1.29, 1.82) is 0 Å². The fourth-order valence-electron chi connectivity index (χ4n) is 1.39. The first-order chi connectivity index (χ1) is 10.6. The Morgan fingerprint density at radius 3 is 1.62 bits per heavy atom. The summed E-state index contributed by atoms with van der Waals surface area (Å²) in [5.41, 5.74) is -3.73. The number of benzene rings is 1. The van der Waals surface area contributed by atoms with Gasteiger partial charge in [-0.3, -0.25) is 4.79 Å². The molecule has 1 N–H and O–H groups in total. The molecule has 10 heteroatoms. The molecule has 1 rings (SSSR count). The van der Waals surface area contributed by atoms with Crippen molar-refractivity contribution in [3.05, 3.63) is 34.9 Å². The zero-order valence-electron chi connectivity index (χ0n) is 12.7. The first kappa shape index (κ1) is 19.8. The van der Waals surface area contributed by atoms with Crippen LogP contribution in [0.1, 0.15) is 42.3 Å². The molecular formula is C14H13F6NO3. The maximum atomic E-state index is 12.7. The first-order valence-corrected chi connectivity index (χ1v) is 6.43. The third kappa shape index (κ3) is 5.14. The molecule has 0 aromatic heterocycles. The van der Waals surface area contributed by atoms with E-state index in [0.29, 0.717) is 0 Å². The van der Waals surface area contributed by atoms with Gasteiger partial charge in [0.05, 0.1) is 16.5 Å². The van der Waals surface area contributed by atoms with Crippen molar-refractivity contribution in [1.82, 2.24) is 5.48 Å². The number of hydroxylamine groups is 1. The highest BCUT2D eigenvalue weighted by molar-refractivity contribution is 5.94. The van der Waals surface area contributed by atoms with E-state index in [2.05, 4.69) is 4.84 Å². The van der Waals surface area contributed by atoms with Crippen LogP contribution in [0, 0.1) is 5.41 Å². The second-order valence-corrected chi connectivity index (χ2v) is 5.87. The zero-order chi connectivity index (χ0) is 18.9. The van der Waals surface area contributed by atoms with Gasteiger partial charge in [0, 0.05) is 5.56 Å². The summed E-state index contributed by atoms with van der Waals surface area (Å²) < 4.78 is 76.1. The van der Waals surface area contributed by atoms with Gasteiger partial charge in [-0.1, -0.05) is 0 Å². The van der Waals surface area contributed by atoms with Crippen LogP contribution in [0.2, 0.25) is 0 Å². The maximum Gasteiger partial charge on any atom is 0.416 e. The number of hydrogen-bond acceptors (Lipinski definition) is 3. The van der Waals surface area contributed by atoms with Gasteiger partial charge >= 0.3 is 18.3 Å². The fourth-order valence-corrected chi connectivity index (χ4v) is 1.39. The summed E-state index contributed by atoms with van der Waals surface area (Å²) in [5, 5.41) is 0. The van der Waals surface area contributed by atoms with Crippen molar-refractivity contribution >= 4 is 11.9 Å². The predicted molar refractivity (Wildman–Crippen MR) is 69.5 cm³/mol. The lowest BCUT2D eigenvalue weighted by Gasteiger charge is -2.17. The minimum Gasteiger partial charge on any atom is -0.340 e. The van der Waals surface area contributed by atoms with E-state index < -0.39 is 46.3 Å². The highest BCUT2D eigenvalue weighted by Gasteiger charge is 2.37. The van der Waals surface area contributed by atoms with Crippen molar-refractivity contribution in [3.63, 3.8) is 0 Å². The van der Waals surface area contributed by atoms with Gasteiger partial charge in [0.15, 0.2) is 0 Å². The Morgan fingerprint density at radius 1 is 0.875 bits per heavy atom. The van der Waals surface area contributed by atoms with Crippen LogP contribution in [0.3, 0.4) is 0 Å². The van der Waals surface area contributed by atoms with Crippen molar-refractivity contribution in [3.8, 4) is 0 Å². The third-order valence-electron chi connectivity index (χ3n) is 2.70. The Morgan fingerprint density at radius 2 is 1.29 bits per heavy atom. The molecule has 24 heavy (non-hydrogen) atoms. The third-order valence-corrected chi connectivity index (χ3v) is 2.70. The molecule has 0 aliphatic rings. The zero-order valence-corrected chi connectivity index (χ0v) is 12.7. The Bertz CT molecular complexity index is 611. The van der Waals surface area contributed by atoms with Crippen LogP contribution in [-0.4, -0.2) is 11.9 Å². The van der Waals surface area contributed by atoms with Crippen LogP contribution in [-0.2, 0) is 22.0 Å². The summed E-state index contributed by atoms with van der Waals surface area (Å²) in [7, 11) is 0. The number of carbonyl (C=O) groups excluding carboxylic acids is 2. The number of carbonyl (C=O) groups is 2. The average molecular weight is 357 g/mol. The molecule has 0 saturated heterocycles. The SMILES string of the molecule is CC(C)(C)C(=O)ONC(=O)c1cc(C(F)(F)F)cc(C(F)(F)F)c1. The molecule has 0 saturated carbocycles. The molecule has 0 bridgehead atoms. The molecule has 0 spiro atoms. The molecule has 1 amide bonds. The summed E-state index contributed by atoms with van der Waals surface area (Å²) in [6, 6.07) is 0.350. The number of amides is 1. The monoisotopic (exact) mass is 357 g/mol. The fraction of sp³-hybridized carbons (Fsp3) is 0.429. The topological polar surface area (TPSA) is 55.4 Å². The summed E-state index contributed by atoms with van der Waals surface area (Å²) in [4.78, 5) is 27.5. The van der Waals surface area contributed by atoms with E-state index in [1.165, 1.54) is 26.3 Å². The van der Waals surface area contributed by atoms with Crippen LogP contribution in [0.15, 0.2) is 18.2 Å². The summed E-state index contributed by atoms with van der Waals surface area (Å²) in [6.45, 7) is 4.31. The van der Waals surface area contributed by atoms with Crippen LogP contribution >= 0.6 is 0 Å². The van der Waals surface area contributed by atoms with Gasteiger partial charge in [0.25, 0.3) is 5.91 Å². The van der Waals surface area contributed by atoms with Crippen molar-refractivity contribution in [2.45, 2.75) is 33.1 Å². The van der Waals surface area contributed by atoms with Crippen molar-refractivity contribution < 1.29 is 40.8 Å². The number of halogens is 6. The van der Waals surface area contributed by atoms with E-state index in [-0.39, 0.29) is 18.2 Å². The van der Waals surface area contributed by atoms with E-state index in [1.54, 1.807) is 0 Å². The van der Waals surface area contributed by atoms with Gasteiger partial charge in [-0.2, -0.15) is 31.8 Å². The van der Waals surface area contributed by atoms with E-state index >= 15 is 0 Å². The summed E-state index contributed by atoms with van der Waals surface area (Å²) in [6.07, 6.45) is -10.2. The molecule has 0 aliphatic carbocycles. The highest BCUT2D eigenvalue weighted by atomic mass is 19.4.